The van der Waals surface area contributed by atoms with Gasteiger partial charge in [0.1, 0.15) is 0 Å². The van der Waals surface area contributed by atoms with E-state index in [4.69, 9.17) is 0 Å². The van der Waals surface area contributed by atoms with Gasteiger partial charge >= 0.3 is 0 Å². The number of anilines is 2. The predicted molar refractivity (Wildman–Crippen MR) is 106 cm³/mol. The summed E-state index contributed by atoms with van der Waals surface area (Å²) in [4.78, 5) is 12.5. The molecule has 142 valence electrons. The van der Waals surface area contributed by atoms with Crippen molar-refractivity contribution >= 4 is 27.4 Å². The largest absolute Gasteiger partial charge is 0.305 e. The van der Waals surface area contributed by atoms with Crippen LogP contribution in [0.2, 0.25) is 0 Å². The molecule has 7 nitrogen and oxygen atoms in total. The van der Waals surface area contributed by atoms with Crippen LogP contribution in [0.3, 0.4) is 0 Å². The first-order chi connectivity index (χ1) is 13.6. The van der Waals surface area contributed by atoms with Gasteiger partial charge in [-0.25, -0.2) is 8.42 Å². The molecule has 4 rings (SSSR count). The Bertz CT molecular complexity index is 1100. The molecular weight excluding hydrogens is 376 g/mol. The number of aromatic nitrogens is 2. The summed E-state index contributed by atoms with van der Waals surface area (Å²) < 4.78 is 27.7. The van der Waals surface area contributed by atoms with Crippen LogP contribution in [0.25, 0.3) is 0 Å². The lowest BCUT2D eigenvalue weighted by molar-refractivity contribution is 0.102. The van der Waals surface area contributed by atoms with E-state index in [1.54, 1.807) is 12.1 Å². The molecule has 0 unspecified atom stereocenters. The Morgan fingerprint density at radius 2 is 1.79 bits per heavy atom. The minimum Gasteiger partial charge on any atom is -0.305 e. The Balaban J connectivity index is 1.58. The van der Waals surface area contributed by atoms with Gasteiger partial charge in [0, 0.05) is 18.3 Å². The zero-order valence-electron chi connectivity index (χ0n) is 14.9. The maximum absolute atomic E-state index is 13.1. The van der Waals surface area contributed by atoms with E-state index in [0.717, 1.165) is 24.1 Å². The monoisotopic (exact) mass is 394 g/mol. The molecule has 2 aromatic carbocycles. The maximum Gasteiger partial charge on any atom is 0.264 e. The number of sulfonamides is 1. The van der Waals surface area contributed by atoms with Gasteiger partial charge in [0.25, 0.3) is 15.9 Å². The highest BCUT2D eigenvalue weighted by molar-refractivity contribution is 7.92. The van der Waals surface area contributed by atoms with Gasteiger partial charge in [0.2, 0.25) is 0 Å². The number of nitrogens with one attached hydrogen (secondary N) is 1. The van der Waals surface area contributed by atoms with Crippen molar-refractivity contribution < 1.29 is 13.2 Å². The fraction of sp³-hybridized carbons (Fsp3) is 0.150. The second kappa shape index (κ2) is 7.40. The van der Waals surface area contributed by atoms with Crippen LogP contribution in [-0.4, -0.2) is 31.1 Å². The molecule has 28 heavy (non-hydrogen) atoms. The molecule has 1 aliphatic rings. The van der Waals surface area contributed by atoms with Crippen LogP contribution in [0.5, 0.6) is 0 Å². The van der Waals surface area contributed by atoms with Crippen LogP contribution in [0.1, 0.15) is 22.3 Å². The smallest absolute Gasteiger partial charge is 0.264 e. The van der Waals surface area contributed by atoms with Crippen LogP contribution in [-0.2, 0) is 16.4 Å². The minimum atomic E-state index is -3.70. The molecule has 8 heteroatoms. The zero-order chi connectivity index (χ0) is 19.6. The van der Waals surface area contributed by atoms with Crippen LogP contribution >= 0.6 is 0 Å². The van der Waals surface area contributed by atoms with Gasteiger partial charge in [-0.1, -0.05) is 18.2 Å². The fourth-order valence-corrected chi connectivity index (χ4v) is 4.75. The van der Waals surface area contributed by atoms with Gasteiger partial charge in [-0.05, 0) is 60.9 Å². The van der Waals surface area contributed by atoms with Crippen LogP contribution in [0.4, 0.5) is 11.5 Å². The Kier molecular flexibility index (Phi) is 4.79. The number of nitrogens with zero attached hydrogens (tertiary/aromatic N) is 3. The first-order valence-electron chi connectivity index (χ1n) is 8.85. The predicted octanol–water partition coefficient (Wildman–Crippen LogP) is 2.87. The van der Waals surface area contributed by atoms with E-state index in [1.165, 1.54) is 34.8 Å². The molecule has 0 saturated carbocycles. The molecule has 0 radical (unpaired) electrons. The van der Waals surface area contributed by atoms with Crippen molar-refractivity contribution in [2.24, 2.45) is 0 Å². The summed E-state index contributed by atoms with van der Waals surface area (Å²) in [6.45, 7) is 0.439. The quantitative estimate of drug-likeness (QED) is 0.735. The van der Waals surface area contributed by atoms with Crippen LogP contribution in [0, 0.1) is 0 Å². The number of hydrogen-bond acceptors (Lipinski definition) is 5. The van der Waals surface area contributed by atoms with Crippen molar-refractivity contribution in [3.05, 3.63) is 78.0 Å². The summed E-state index contributed by atoms with van der Waals surface area (Å²) in [6.07, 6.45) is 3.15. The number of aryl methyl sites for hydroxylation is 1. The standard InChI is InChI=1S/C20H18N4O3S/c25-20(22-19-8-3-13-21-23-19)16-9-11-17(12-10-16)28(26,27)24-14-4-6-15-5-1-2-7-18(15)24/h1-3,5,7-13H,4,6,14H2,(H,22,23,25). The van der Waals surface area contributed by atoms with Gasteiger partial charge in [-0.3, -0.25) is 9.10 Å². The number of rotatable bonds is 4. The molecule has 1 N–H and O–H groups in total. The summed E-state index contributed by atoms with van der Waals surface area (Å²) in [6, 6.07) is 16.7. The highest BCUT2D eigenvalue weighted by Crippen LogP contribution is 2.31. The summed E-state index contributed by atoms with van der Waals surface area (Å²) in [5.74, 6) is -0.0538. The number of carbonyl (C=O) groups is 1. The number of carbonyl (C=O) groups excluding carboxylic acids is 1. The number of benzene rings is 2. The third kappa shape index (κ3) is 3.46. The first-order valence-corrected chi connectivity index (χ1v) is 10.3. The molecule has 0 fully saturated rings. The van der Waals surface area contributed by atoms with E-state index in [2.05, 4.69) is 15.5 Å². The van der Waals surface area contributed by atoms with Crippen LogP contribution in [0.15, 0.2) is 71.8 Å². The van der Waals surface area contributed by atoms with Gasteiger partial charge in [0.05, 0.1) is 10.6 Å². The molecule has 1 aromatic heterocycles. The molecule has 0 bridgehead atoms. The highest BCUT2D eigenvalue weighted by Gasteiger charge is 2.28. The Labute approximate surface area is 163 Å². The van der Waals surface area contributed by atoms with Crippen molar-refractivity contribution in [3.8, 4) is 0 Å². The Morgan fingerprint density at radius 3 is 2.54 bits per heavy atom. The molecule has 2 heterocycles. The van der Waals surface area contributed by atoms with E-state index in [0.29, 0.717) is 17.9 Å². The third-order valence-corrected chi connectivity index (χ3v) is 6.41. The summed E-state index contributed by atoms with van der Waals surface area (Å²) in [5.41, 5.74) is 2.08. The highest BCUT2D eigenvalue weighted by atomic mass is 32.2. The molecule has 0 spiro atoms. The normalized spacial score (nSPS) is 13.6. The molecule has 0 atom stereocenters. The first kappa shape index (κ1) is 18.1. The lowest BCUT2D eigenvalue weighted by Gasteiger charge is -2.30. The second-order valence-corrected chi connectivity index (χ2v) is 8.26. The van der Waals surface area contributed by atoms with E-state index in [9.17, 15) is 13.2 Å². The van der Waals surface area contributed by atoms with Gasteiger partial charge in [0.15, 0.2) is 5.82 Å². The number of fused-ring (bicyclic) bond motifs is 1. The SMILES string of the molecule is O=C(Nc1cccnn1)c1ccc(S(=O)(=O)N2CCCc3ccccc32)cc1. The summed E-state index contributed by atoms with van der Waals surface area (Å²) >= 11 is 0. The summed E-state index contributed by atoms with van der Waals surface area (Å²) in [5, 5.41) is 10.1. The van der Waals surface area contributed by atoms with E-state index in [-0.39, 0.29) is 10.8 Å². The Hall–Kier alpha value is -3.26. The van der Waals surface area contributed by atoms with E-state index < -0.39 is 10.0 Å². The van der Waals surface area contributed by atoms with Crippen molar-refractivity contribution in [3.63, 3.8) is 0 Å². The minimum absolute atomic E-state index is 0.153. The molecule has 1 amide bonds. The van der Waals surface area contributed by atoms with E-state index in [1.807, 2.05) is 24.3 Å². The maximum atomic E-state index is 13.1. The number of amides is 1. The lowest BCUT2D eigenvalue weighted by Crippen LogP contribution is -2.35. The molecular formula is C20H18N4O3S. The van der Waals surface area contributed by atoms with Crippen molar-refractivity contribution in [1.29, 1.82) is 0 Å². The topological polar surface area (TPSA) is 92.3 Å². The fourth-order valence-electron chi connectivity index (χ4n) is 3.21. The molecule has 1 aliphatic heterocycles. The van der Waals surface area contributed by atoms with Gasteiger partial charge in [-0.15, -0.1) is 5.10 Å². The third-order valence-electron chi connectivity index (χ3n) is 4.59. The number of hydrogen-bond donors (Lipinski definition) is 1. The Morgan fingerprint density at radius 1 is 1.00 bits per heavy atom. The average Bonchev–Trinajstić information content (AvgIpc) is 2.74. The van der Waals surface area contributed by atoms with Crippen molar-refractivity contribution in [2.75, 3.05) is 16.2 Å². The molecule has 0 saturated heterocycles. The average molecular weight is 394 g/mol. The van der Waals surface area contributed by atoms with Crippen molar-refractivity contribution in [1.82, 2.24) is 10.2 Å². The van der Waals surface area contributed by atoms with Gasteiger partial charge < -0.3 is 5.32 Å². The van der Waals surface area contributed by atoms with Crippen molar-refractivity contribution in [2.45, 2.75) is 17.7 Å². The van der Waals surface area contributed by atoms with Gasteiger partial charge in [-0.2, -0.15) is 5.10 Å². The summed E-state index contributed by atoms with van der Waals surface area (Å²) in [7, 11) is -3.70. The lowest BCUT2D eigenvalue weighted by atomic mass is 10.0. The second-order valence-electron chi connectivity index (χ2n) is 6.40. The molecule has 0 aliphatic carbocycles. The molecule has 3 aromatic rings. The van der Waals surface area contributed by atoms with Crippen LogP contribution < -0.4 is 9.62 Å². The van der Waals surface area contributed by atoms with E-state index >= 15 is 0 Å². The zero-order valence-corrected chi connectivity index (χ0v) is 15.8. The number of para-hydroxylation sites is 1.